The van der Waals surface area contributed by atoms with E-state index in [1.54, 1.807) is 24.6 Å². The van der Waals surface area contributed by atoms with Crippen molar-refractivity contribution in [3.05, 3.63) is 76.1 Å². The summed E-state index contributed by atoms with van der Waals surface area (Å²) in [6.07, 6.45) is 0. The molecule has 1 heterocycles. The monoisotopic (exact) mass is 411 g/mol. The smallest absolute Gasteiger partial charge is 0.262 e. The van der Waals surface area contributed by atoms with Crippen molar-refractivity contribution in [1.29, 1.82) is 0 Å². The van der Waals surface area contributed by atoms with Crippen LogP contribution in [-0.4, -0.2) is 18.2 Å². The normalized spacial score (nSPS) is 11.6. The highest BCUT2D eigenvalue weighted by Gasteiger charge is 2.20. The Kier molecular flexibility index (Phi) is 5.21. The van der Waals surface area contributed by atoms with Gasteiger partial charge in [0.25, 0.3) is 10.0 Å². The molecule has 0 aliphatic rings. The van der Waals surface area contributed by atoms with Crippen molar-refractivity contribution in [2.75, 3.05) is 4.72 Å². The van der Waals surface area contributed by atoms with Gasteiger partial charge in [0.05, 0.1) is 28.5 Å². The first-order chi connectivity index (χ1) is 12.7. The SMILES string of the molecule is Cc1nn(Cc2ccc(F)cc2Cl)c(C)c1NS(=O)(=O)c1ccc(F)cc1. The van der Waals surface area contributed by atoms with E-state index in [9.17, 15) is 17.2 Å². The van der Waals surface area contributed by atoms with Gasteiger partial charge in [0.1, 0.15) is 11.6 Å². The number of aryl methyl sites for hydroxylation is 1. The van der Waals surface area contributed by atoms with Crippen molar-refractivity contribution in [2.24, 2.45) is 0 Å². The first-order valence-electron chi connectivity index (χ1n) is 7.93. The highest BCUT2D eigenvalue weighted by atomic mass is 35.5. The fourth-order valence-corrected chi connectivity index (χ4v) is 4.02. The molecule has 1 N–H and O–H groups in total. The van der Waals surface area contributed by atoms with Gasteiger partial charge in [-0.15, -0.1) is 0 Å². The fourth-order valence-electron chi connectivity index (χ4n) is 2.62. The van der Waals surface area contributed by atoms with Crippen LogP contribution in [0, 0.1) is 25.5 Å². The molecule has 0 saturated heterocycles. The molecule has 0 unspecified atom stereocenters. The Morgan fingerprint density at radius 1 is 1.07 bits per heavy atom. The molecule has 0 saturated carbocycles. The van der Waals surface area contributed by atoms with E-state index in [4.69, 9.17) is 11.6 Å². The second-order valence-electron chi connectivity index (χ2n) is 6.00. The molecule has 0 aliphatic heterocycles. The molecule has 0 aliphatic carbocycles. The van der Waals surface area contributed by atoms with E-state index in [0.29, 0.717) is 22.6 Å². The first kappa shape index (κ1) is 19.3. The van der Waals surface area contributed by atoms with Gasteiger partial charge in [0.2, 0.25) is 0 Å². The second kappa shape index (κ2) is 7.28. The number of sulfonamides is 1. The van der Waals surface area contributed by atoms with Crippen LogP contribution in [0.4, 0.5) is 14.5 Å². The number of anilines is 1. The molecule has 9 heteroatoms. The Hall–Kier alpha value is -2.45. The number of rotatable bonds is 5. The van der Waals surface area contributed by atoms with Gasteiger partial charge in [-0.1, -0.05) is 17.7 Å². The van der Waals surface area contributed by atoms with E-state index in [1.807, 2.05) is 0 Å². The van der Waals surface area contributed by atoms with E-state index in [-0.39, 0.29) is 16.5 Å². The summed E-state index contributed by atoms with van der Waals surface area (Å²) in [5.41, 5.74) is 2.02. The Morgan fingerprint density at radius 2 is 1.70 bits per heavy atom. The molecule has 0 spiro atoms. The molecular formula is C18H16ClF2N3O2S. The standard InChI is InChI=1S/C18H16ClF2N3O2S/c1-11-18(23-27(25,26)16-7-5-14(20)6-8-16)12(2)24(22-11)10-13-3-4-15(21)9-17(13)19/h3-9,23H,10H2,1-2H3. The molecule has 27 heavy (non-hydrogen) atoms. The third kappa shape index (κ3) is 4.12. The second-order valence-corrected chi connectivity index (χ2v) is 8.09. The van der Waals surface area contributed by atoms with Gasteiger partial charge in [0.15, 0.2) is 0 Å². The number of aromatic nitrogens is 2. The van der Waals surface area contributed by atoms with Gasteiger partial charge >= 0.3 is 0 Å². The molecule has 0 amide bonds. The summed E-state index contributed by atoms with van der Waals surface area (Å²) < 4.78 is 55.4. The van der Waals surface area contributed by atoms with Crippen LogP contribution < -0.4 is 4.72 Å². The van der Waals surface area contributed by atoms with Crippen LogP contribution in [-0.2, 0) is 16.6 Å². The van der Waals surface area contributed by atoms with Gasteiger partial charge in [-0.25, -0.2) is 17.2 Å². The van der Waals surface area contributed by atoms with Gasteiger partial charge in [-0.2, -0.15) is 5.10 Å². The molecule has 2 aromatic carbocycles. The maximum atomic E-state index is 13.2. The molecule has 0 atom stereocenters. The predicted octanol–water partition coefficient (Wildman–Crippen LogP) is 4.28. The van der Waals surface area contributed by atoms with Crippen LogP contribution in [0.3, 0.4) is 0 Å². The molecular weight excluding hydrogens is 396 g/mol. The summed E-state index contributed by atoms with van der Waals surface area (Å²) in [6.45, 7) is 3.63. The summed E-state index contributed by atoms with van der Waals surface area (Å²) in [5.74, 6) is -0.963. The quantitative estimate of drug-likeness (QED) is 0.681. The van der Waals surface area contributed by atoms with Crippen molar-refractivity contribution >= 4 is 27.3 Å². The molecule has 5 nitrogen and oxygen atoms in total. The van der Waals surface area contributed by atoms with Gasteiger partial charge in [-0.3, -0.25) is 9.40 Å². The van der Waals surface area contributed by atoms with Crippen LogP contribution in [0.1, 0.15) is 17.0 Å². The van der Waals surface area contributed by atoms with E-state index in [1.165, 1.54) is 24.3 Å². The minimum atomic E-state index is -3.89. The maximum Gasteiger partial charge on any atom is 0.262 e. The lowest BCUT2D eigenvalue weighted by molar-refractivity contribution is 0.599. The Balaban J connectivity index is 1.90. The molecule has 0 radical (unpaired) electrons. The number of nitrogens with one attached hydrogen (secondary N) is 1. The first-order valence-corrected chi connectivity index (χ1v) is 9.80. The third-order valence-electron chi connectivity index (χ3n) is 4.08. The van der Waals surface area contributed by atoms with Crippen molar-refractivity contribution in [3.8, 4) is 0 Å². The number of benzene rings is 2. The lowest BCUT2D eigenvalue weighted by Crippen LogP contribution is -2.14. The minimum Gasteiger partial charge on any atom is -0.276 e. The summed E-state index contributed by atoms with van der Waals surface area (Å²) in [5, 5.41) is 4.60. The van der Waals surface area contributed by atoms with Gasteiger partial charge < -0.3 is 0 Å². The van der Waals surface area contributed by atoms with E-state index in [0.717, 1.165) is 12.1 Å². The Labute approximate surface area is 160 Å². The number of hydrogen-bond acceptors (Lipinski definition) is 3. The van der Waals surface area contributed by atoms with Crippen molar-refractivity contribution in [2.45, 2.75) is 25.3 Å². The van der Waals surface area contributed by atoms with Crippen molar-refractivity contribution in [1.82, 2.24) is 9.78 Å². The summed E-state index contributed by atoms with van der Waals surface area (Å²) in [6, 6.07) is 8.58. The zero-order valence-corrected chi connectivity index (χ0v) is 16.1. The number of nitrogens with zero attached hydrogens (tertiary/aromatic N) is 2. The largest absolute Gasteiger partial charge is 0.276 e. The lowest BCUT2D eigenvalue weighted by atomic mass is 10.2. The summed E-state index contributed by atoms with van der Waals surface area (Å²) in [4.78, 5) is -0.0583. The van der Waals surface area contributed by atoms with Crippen LogP contribution >= 0.6 is 11.6 Å². The minimum absolute atomic E-state index is 0.0583. The molecule has 1 aromatic heterocycles. The topological polar surface area (TPSA) is 64.0 Å². The number of halogens is 3. The van der Waals surface area contributed by atoms with Gasteiger partial charge in [0, 0.05) is 5.02 Å². The molecule has 3 rings (SSSR count). The molecule has 0 bridgehead atoms. The lowest BCUT2D eigenvalue weighted by Gasteiger charge is -2.10. The highest BCUT2D eigenvalue weighted by molar-refractivity contribution is 7.92. The fraction of sp³-hybridized carbons (Fsp3) is 0.167. The zero-order chi connectivity index (χ0) is 19.8. The van der Waals surface area contributed by atoms with Gasteiger partial charge in [-0.05, 0) is 55.8 Å². The molecule has 3 aromatic rings. The summed E-state index contributed by atoms with van der Waals surface area (Å²) >= 11 is 6.05. The van der Waals surface area contributed by atoms with Crippen LogP contribution in [0.2, 0.25) is 5.02 Å². The van der Waals surface area contributed by atoms with Crippen molar-refractivity contribution in [3.63, 3.8) is 0 Å². The Bertz CT molecular complexity index is 1100. The van der Waals surface area contributed by atoms with E-state index < -0.39 is 21.7 Å². The summed E-state index contributed by atoms with van der Waals surface area (Å²) in [7, 11) is -3.89. The predicted molar refractivity (Wildman–Crippen MR) is 99.4 cm³/mol. The molecule has 0 fully saturated rings. The van der Waals surface area contributed by atoms with E-state index in [2.05, 4.69) is 9.82 Å². The average molecular weight is 412 g/mol. The third-order valence-corrected chi connectivity index (χ3v) is 5.79. The van der Waals surface area contributed by atoms with Crippen LogP contribution in [0.25, 0.3) is 0 Å². The van der Waals surface area contributed by atoms with Crippen molar-refractivity contribution < 1.29 is 17.2 Å². The van der Waals surface area contributed by atoms with Crippen LogP contribution in [0.5, 0.6) is 0 Å². The zero-order valence-electron chi connectivity index (χ0n) is 14.5. The molecule has 142 valence electrons. The highest BCUT2D eigenvalue weighted by Crippen LogP contribution is 2.25. The van der Waals surface area contributed by atoms with E-state index >= 15 is 0 Å². The van der Waals surface area contributed by atoms with Crippen LogP contribution in [0.15, 0.2) is 47.4 Å². The Morgan fingerprint density at radius 3 is 2.33 bits per heavy atom. The maximum absolute atomic E-state index is 13.2. The average Bonchev–Trinajstić information content (AvgIpc) is 2.85. The number of hydrogen-bond donors (Lipinski definition) is 1.